The molecule has 1 aliphatic carbocycles. The van der Waals surface area contributed by atoms with Gasteiger partial charge in [-0.3, -0.25) is 4.79 Å². The molecule has 1 amide bonds. The van der Waals surface area contributed by atoms with E-state index in [0.717, 1.165) is 61.1 Å². The lowest BCUT2D eigenvalue weighted by atomic mass is 9.87. The summed E-state index contributed by atoms with van der Waals surface area (Å²) in [5, 5.41) is 0.892. The molecule has 1 fully saturated rings. The highest BCUT2D eigenvalue weighted by Crippen LogP contribution is 2.35. The average Bonchev–Trinajstić information content (AvgIpc) is 3.44. The highest BCUT2D eigenvalue weighted by molar-refractivity contribution is 6.02. The second kappa shape index (κ2) is 12.4. The molecule has 6 rings (SSSR count). The molecular formula is C38H37F3N2O. The van der Waals surface area contributed by atoms with Crippen LogP contribution in [0.1, 0.15) is 73.0 Å². The monoisotopic (exact) mass is 594 g/mol. The number of amides is 1. The van der Waals surface area contributed by atoms with E-state index in [2.05, 4.69) is 48.0 Å². The molecule has 3 aromatic carbocycles. The number of carbonyl (C=O) groups excluding carboxylic acids is 1. The van der Waals surface area contributed by atoms with Crippen molar-refractivity contribution in [3.8, 4) is 11.1 Å². The molecular weight excluding hydrogens is 557 g/mol. The SMILES string of the molecule is C/C(=C\c1ccccc1CCCC1=C=C(F)C1)C1CCN(C(=O)c2ccc3c(-c4cccc(C(C)(F)F)c4)c[nH]c3c2)CC1. The second-order valence-electron chi connectivity index (χ2n) is 12.2. The molecule has 0 radical (unpaired) electrons. The third kappa shape index (κ3) is 6.46. The summed E-state index contributed by atoms with van der Waals surface area (Å²) in [5.74, 6) is -2.62. The first kappa shape index (κ1) is 29.8. The van der Waals surface area contributed by atoms with Crippen molar-refractivity contribution in [1.29, 1.82) is 0 Å². The first-order valence-electron chi connectivity index (χ1n) is 15.4. The molecule has 0 bridgehead atoms. The van der Waals surface area contributed by atoms with E-state index in [1.165, 1.54) is 28.8 Å². The Morgan fingerprint density at radius 1 is 1.05 bits per heavy atom. The van der Waals surface area contributed by atoms with E-state index >= 15 is 0 Å². The van der Waals surface area contributed by atoms with Gasteiger partial charge in [-0.25, -0.2) is 13.2 Å². The minimum Gasteiger partial charge on any atom is -0.361 e. The van der Waals surface area contributed by atoms with Gasteiger partial charge in [-0.05, 0) is 85.4 Å². The number of hydrogen-bond donors (Lipinski definition) is 1. The second-order valence-corrected chi connectivity index (χ2v) is 12.2. The average molecular weight is 595 g/mol. The quantitative estimate of drug-likeness (QED) is 0.192. The van der Waals surface area contributed by atoms with Gasteiger partial charge in [-0.1, -0.05) is 65.9 Å². The largest absolute Gasteiger partial charge is 0.361 e. The molecule has 0 atom stereocenters. The van der Waals surface area contributed by atoms with Crippen LogP contribution < -0.4 is 0 Å². The van der Waals surface area contributed by atoms with Crippen molar-refractivity contribution in [2.45, 2.75) is 58.3 Å². The van der Waals surface area contributed by atoms with E-state index in [1.54, 1.807) is 6.07 Å². The van der Waals surface area contributed by atoms with Gasteiger partial charge in [0.05, 0.1) is 0 Å². The molecule has 0 spiro atoms. The number of allylic oxidation sites excluding steroid dienone is 2. The number of fused-ring (bicyclic) bond motifs is 1. The first-order valence-corrected chi connectivity index (χ1v) is 15.4. The fourth-order valence-electron chi connectivity index (χ4n) is 6.45. The molecule has 2 aliphatic rings. The van der Waals surface area contributed by atoms with Crippen molar-refractivity contribution < 1.29 is 18.0 Å². The lowest BCUT2D eigenvalue weighted by Gasteiger charge is -2.32. The van der Waals surface area contributed by atoms with Crippen LogP contribution in [0.4, 0.5) is 13.2 Å². The number of alkyl halides is 2. The number of aryl methyl sites for hydroxylation is 1. The van der Waals surface area contributed by atoms with Crippen LogP contribution >= 0.6 is 0 Å². The van der Waals surface area contributed by atoms with Crippen LogP contribution in [-0.4, -0.2) is 28.9 Å². The number of carbonyl (C=O) groups is 1. The summed E-state index contributed by atoms with van der Waals surface area (Å²) >= 11 is 0. The van der Waals surface area contributed by atoms with Gasteiger partial charge in [0.15, 0.2) is 0 Å². The third-order valence-electron chi connectivity index (χ3n) is 9.08. The molecule has 1 aliphatic heterocycles. The third-order valence-corrected chi connectivity index (χ3v) is 9.08. The van der Waals surface area contributed by atoms with Crippen LogP contribution in [0, 0.1) is 5.92 Å². The molecule has 1 saturated heterocycles. The van der Waals surface area contributed by atoms with Gasteiger partial charge in [0, 0.05) is 60.2 Å². The number of halogens is 3. The van der Waals surface area contributed by atoms with E-state index in [-0.39, 0.29) is 17.3 Å². The number of nitrogens with zero attached hydrogens (tertiary/aromatic N) is 1. The maximum atomic E-state index is 13.9. The zero-order valence-electron chi connectivity index (χ0n) is 25.2. The van der Waals surface area contributed by atoms with E-state index in [0.29, 0.717) is 36.6 Å². The van der Waals surface area contributed by atoms with Crippen molar-refractivity contribution in [2.24, 2.45) is 5.92 Å². The normalized spacial score (nSPS) is 16.1. The van der Waals surface area contributed by atoms with Crippen LogP contribution in [0.2, 0.25) is 0 Å². The van der Waals surface area contributed by atoms with Gasteiger partial charge in [-0.15, -0.1) is 0 Å². The predicted molar refractivity (Wildman–Crippen MR) is 171 cm³/mol. The molecule has 3 nitrogen and oxygen atoms in total. The topological polar surface area (TPSA) is 36.1 Å². The summed E-state index contributed by atoms with van der Waals surface area (Å²) in [7, 11) is 0. The Labute approximate surface area is 256 Å². The summed E-state index contributed by atoms with van der Waals surface area (Å²) in [6.45, 7) is 4.49. The Balaban J connectivity index is 1.09. The van der Waals surface area contributed by atoms with Crippen molar-refractivity contribution >= 4 is 22.9 Å². The van der Waals surface area contributed by atoms with Gasteiger partial charge >= 0.3 is 0 Å². The first-order chi connectivity index (χ1) is 21.2. The van der Waals surface area contributed by atoms with Crippen LogP contribution in [0.5, 0.6) is 0 Å². The van der Waals surface area contributed by atoms with Crippen molar-refractivity contribution in [2.75, 3.05) is 13.1 Å². The van der Waals surface area contributed by atoms with Crippen LogP contribution in [0.15, 0.2) is 95.6 Å². The van der Waals surface area contributed by atoms with E-state index < -0.39 is 5.92 Å². The zero-order chi connectivity index (χ0) is 30.8. The van der Waals surface area contributed by atoms with Gasteiger partial charge in [0.25, 0.3) is 11.8 Å². The number of rotatable bonds is 9. The maximum absolute atomic E-state index is 13.9. The number of likely N-dealkylation sites (tertiary alicyclic amines) is 1. The van der Waals surface area contributed by atoms with Crippen LogP contribution in [0.3, 0.4) is 0 Å². The number of H-pyrrole nitrogens is 1. The maximum Gasteiger partial charge on any atom is 0.270 e. The van der Waals surface area contributed by atoms with Crippen LogP contribution in [-0.2, 0) is 12.3 Å². The summed E-state index contributed by atoms with van der Waals surface area (Å²) in [5.41, 5.74) is 10.7. The zero-order valence-corrected chi connectivity index (χ0v) is 25.2. The Kier molecular flexibility index (Phi) is 8.38. The van der Waals surface area contributed by atoms with Crippen molar-refractivity contribution in [3.63, 3.8) is 0 Å². The van der Waals surface area contributed by atoms with E-state index in [1.807, 2.05) is 35.4 Å². The smallest absolute Gasteiger partial charge is 0.270 e. The van der Waals surface area contributed by atoms with Gasteiger partial charge < -0.3 is 9.88 Å². The number of hydrogen-bond acceptors (Lipinski definition) is 1. The summed E-state index contributed by atoms with van der Waals surface area (Å²) in [6, 6.07) is 20.5. The Morgan fingerprint density at radius 2 is 1.82 bits per heavy atom. The highest BCUT2D eigenvalue weighted by Gasteiger charge is 2.26. The Bertz CT molecular complexity index is 1790. The Hall–Kier alpha value is -4.28. The summed E-state index contributed by atoms with van der Waals surface area (Å²) in [4.78, 5) is 18.6. The lowest BCUT2D eigenvalue weighted by Crippen LogP contribution is -2.38. The van der Waals surface area contributed by atoms with E-state index in [9.17, 15) is 18.0 Å². The fourth-order valence-corrected chi connectivity index (χ4v) is 6.45. The minimum absolute atomic E-state index is 0.0115. The standard InChI is InChI=1S/C38H37F3N2O/c1-25(19-29-9-4-3-8-28(29)10-5-7-26-20-33(39)21-26)27-15-17-43(18-16-27)37(44)31-13-14-34-35(24-42-36(34)23-31)30-11-6-12-32(22-30)38(2,40)41/h3-4,6,8-9,11-14,19,22-24,27,42H,5,7,10,15-18,20H2,1-2H3/b25-19+. The molecule has 2 heterocycles. The predicted octanol–water partition coefficient (Wildman–Crippen LogP) is 10.0. The van der Waals surface area contributed by atoms with Gasteiger partial charge in [0.2, 0.25) is 0 Å². The number of aromatic amines is 1. The Morgan fingerprint density at radius 3 is 2.57 bits per heavy atom. The number of aromatic nitrogens is 1. The summed E-state index contributed by atoms with van der Waals surface area (Å²) < 4.78 is 40.8. The van der Waals surface area contributed by atoms with Gasteiger partial charge in [-0.2, -0.15) is 0 Å². The molecule has 226 valence electrons. The highest BCUT2D eigenvalue weighted by atomic mass is 19.3. The van der Waals surface area contributed by atoms with Crippen molar-refractivity contribution in [1.82, 2.24) is 9.88 Å². The van der Waals surface area contributed by atoms with Crippen LogP contribution in [0.25, 0.3) is 28.1 Å². The minimum atomic E-state index is -2.91. The number of nitrogens with one attached hydrogen (secondary N) is 1. The van der Waals surface area contributed by atoms with E-state index in [4.69, 9.17) is 0 Å². The lowest BCUT2D eigenvalue weighted by molar-refractivity contribution is 0.0175. The molecule has 1 aromatic heterocycles. The molecule has 44 heavy (non-hydrogen) atoms. The molecule has 6 heteroatoms. The fraction of sp³-hybridized carbons (Fsp3) is 0.316. The molecule has 4 aromatic rings. The molecule has 0 unspecified atom stereocenters. The number of benzene rings is 3. The molecule has 0 saturated carbocycles. The van der Waals surface area contributed by atoms with Crippen molar-refractivity contribution in [3.05, 3.63) is 118 Å². The van der Waals surface area contributed by atoms with Gasteiger partial charge in [0.1, 0.15) is 5.83 Å². The number of piperidine rings is 1. The molecule has 1 N–H and O–H groups in total. The summed E-state index contributed by atoms with van der Waals surface area (Å²) in [6.07, 6.45) is 9.23.